The van der Waals surface area contributed by atoms with Gasteiger partial charge in [-0.25, -0.2) is 13.1 Å². The Kier molecular flexibility index (Phi) is 3.73. The third-order valence-electron chi connectivity index (χ3n) is 4.55. The third kappa shape index (κ3) is 2.69. The number of sulfonamides is 1. The summed E-state index contributed by atoms with van der Waals surface area (Å²) in [6, 6.07) is 5.41. The van der Waals surface area contributed by atoms with E-state index in [1.807, 2.05) is 13.0 Å². The Bertz CT molecular complexity index is 592. The quantitative estimate of drug-likeness (QED) is 0.897. The lowest BCUT2D eigenvalue weighted by Crippen LogP contribution is -2.37. The van der Waals surface area contributed by atoms with E-state index in [1.54, 1.807) is 12.1 Å². The van der Waals surface area contributed by atoms with Crippen molar-refractivity contribution in [3.63, 3.8) is 0 Å². The van der Waals surface area contributed by atoms with Crippen LogP contribution in [0.15, 0.2) is 23.1 Å². The fourth-order valence-corrected chi connectivity index (χ4v) is 4.64. The lowest BCUT2D eigenvalue weighted by atomic mass is 10.0. The standard InChI is InChI=1S/C15H22N2O2S/c1-11(12-4-2-3-5-12)17-20(18,19)14-7-6-13-8-9-16-15(13)10-14/h6-7,10-12,16-17H,2-5,8-9H2,1H3. The second-order valence-electron chi connectivity index (χ2n) is 5.95. The summed E-state index contributed by atoms with van der Waals surface area (Å²) >= 11 is 0. The highest BCUT2D eigenvalue weighted by molar-refractivity contribution is 7.89. The molecule has 1 fully saturated rings. The molecule has 1 aromatic rings. The van der Waals surface area contributed by atoms with Crippen LogP contribution in [0.5, 0.6) is 0 Å². The molecule has 0 saturated heterocycles. The van der Waals surface area contributed by atoms with Gasteiger partial charge in [-0.3, -0.25) is 0 Å². The first-order valence-electron chi connectivity index (χ1n) is 7.45. The van der Waals surface area contributed by atoms with Crippen LogP contribution in [0.3, 0.4) is 0 Å². The van der Waals surface area contributed by atoms with Gasteiger partial charge in [0.2, 0.25) is 10.0 Å². The minimum Gasteiger partial charge on any atom is -0.384 e. The Hall–Kier alpha value is -1.07. The number of hydrogen-bond acceptors (Lipinski definition) is 3. The smallest absolute Gasteiger partial charge is 0.240 e. The van der Waals surface area contributed by atoms with E-state index in [-0.39, 0.29) is 6.04 Å². The molecular weight excluding hydrogens is 272 g/mol. The zero-order valence-corrected chi connectivity index (χ0v) is 12.7. The van der Waals surface area contributed by atoms with E-state index in [1.165, 1.54) is 18.4 Å². The number of nitrogens with one attached hydrogen (secondary N) is 2. The zero-order valence-electron chi connectivity index (χ0n) is 11.9. The summed E-state index contributed by atoms with van der Waals surface area (Å²) < 4.78 is 27.8. The minimum absolute atomic E-state index is 0.0173. The minimum atomic E-state index is -3.41. The number of hydrogen-bond donors (Lipinski definition) is 2. The van der Waals surface area contributed by atoms with Crippen molar-refractivity contribution in [2.75, 3.05) is 11.9 Å². The topological polar surface area (TPSA) is 58.2 Å². The van der Waals surface area contributed by atoms with Crippen molar-refractivity contribution in [3.05, 3.63) is 23.8 Å². The van der Waals surface area contributed by atoms with Crippen LogP contribution >= 0.6 is 0 Å². The van der Waals surface area contributed by atoms with E-state index in [4.69, 9.17) is 0 Å². The van der Waals surface area contributed by atoms with Gasteiger partial charge in [-0.15, -0.1) is 0 Å². The van der Waals surface area contributed by atoms with Gasteiger partial charge in [-0.2, -0.15) is 0 Å². The molecule has 2 aliphatic rings. The molecule has 0 amide bonds. The fraction of sp³-hybridized carbons (Fsp3) is 0.600. The monoisotopic (exact) mass is 294 g/mol. The number of anilines is 1. The second kappa shape index (κ2) is 5.37. The molecular formula is C15H22N2O2S. The first kappa shape index (κ1) is 13.9. The summed E-state index contributed by atoms with van der Waals surface area (Å²) in [4.78, 5) is 0.371. The number of rotatable bonds is 4. The highest BCUT2D eigenvalue weighted by Crippen LogP contribution is 2.29. The van der Waals surface area contributed by atoms with Gasteiger partial charge in [0.05, 0.1) is 4.90 Å². The predicted octanol–water partition coefficient (Wildman–Crippen LogP) is 2.51. The number of benzene rings is 1. The molecule has 4 nitrogen and oxygen atoms in total. The van der Waals surface area contributed by atoms with Crippen LogP contribution in [0.2, 0.25) is 0 Å². The zero-order chi connectivity index (χ0) is 14.2. The summed E-state index contributed by atoms with van der Waals surface area (Å²) in [6.45, 7) is 2.88. The molecule has 1 unspecified atom stereocenters. The highest BCUT2D eigenvalue weighted by Gasteiger charge is 2.26. The van der Waals surface area contributed by atoms with E-state index in [0.717, 1.165) is 31.5 Å². The number of fused-ring (bicyclic) bond motifs is 1. The van der Waals surface area contributed by atoms with Crippen LogP contribution in [-0.4, -0.2) is 21.0 Å². The van der Waals surface area contributed by atoms with Gasteiger partial charge in [0, 0.05) is 18.3 Å². The van der Waals surface area contributed by atoms with Gasteiger partial charge in [-0.05, 0) is 49.8 Å². The van der Waals surface area contributed by atoms with Crippen LogP contribution in [0.4, 0.5) is 5.69 Å². The van der Waals surface area contributed by atoms with Gasteiger partial charge in [0.15, 0.2) is 0 Å². The SMILES string of the molecule is CC(NS(=O)(=O)c1ccc2c(c1)NCC2)C1CCCC1. The molecule has 20 heavy (non-hydrogen) atoms. The molecule has 1 aromatic carbocycles. The highest BCUT2D eigenvalue weighted by atomic mass is 32.2. The molecule has 0 radical (unpaired) electrons. The van der Waals surface area contributed by atoms with Crippen molar-refractivity contribution in [2.45, 2.75) is 50.0 Å². The first-order chi connectivity index (χ1) is 9.56. The summed E-state index contributed by atoms with van der Waals surface area (Å²) in [7, 11) is -3.41. The largest absolute Gasteiger partial charge is 0.384 e. The van der Waals surface area contributed by atoms with Crippen LogP contribution in [0.25, 0.3) is 0 Å². The Morgan fingerprint density at radius 3 is 2.80 bits per heavy atom. The van der Waals surface area contributed by atoms with E-state index in [9.17, 15) is 8.42 Å². The van der Waals surface area contributed by atoms with Gasteiger partial charge >= 0.3 is 0 Å². The first-order valence-corrected chi connectivity index (χ1v) is 8.94. The van der Waals surface area contributed by atoms with Crippen molar-refractivity contribution in [1.82, 2.24) is 4.72 Å². The van der Waals surface area contributed by atoms with Gasteiger partial charge in [0.1, 0.15) is 0 Å². The maximum Gasteiger partial charge on any atom is 0.240 e. The average Bonchev–Trinajstić information content (AvgIpc) is 3.08. The normalized spacial score (nSPS) is 20.6. The Morgan fingerprint density at radius 2 is 2.05 bits per heavy atom. The second-order valence-corrected chi connectivity index (χ2v) is 7.66. The molecule has 0 spiro atoms. The summed E-state index contributed by atoms with van der Waals surface area (Å²) in [5, 5.41) is 3.23. The molecule has 0 bridgehead atoms. The van der Waals surface area contributed by atoms with Crippen molar-refractivity contribution < 1.29 is 8.42 Å². The summed E-state index contributed by atoms with van der Waals surface area (Å²) in [6.07, 6.45) is 5.69. The molecule has 2 N–H and O–H groups in total. The Labute approximate surface area is 121 Å². The van der Waals surface area contributed by atoms with Crippen LogP contribution in [0, 0.1) is 5.92 Å². The van der Waals surface area contributed by atoms with Crippen LogP contribution < -0.4 is 10.0 Å². The van der Waals surface area contributed by atoms with Crippen molar-refractivity contribution in [1.29, 1.82) is 0 Å². The molecule has 1 aliphatic heterocycles. The Balaban J connectivity index is 1.77. The molecule has 1 aliphatic carbocycles. The maximum absolute atomic E-state index is 12.5. The molecule has 3 rings (SSSR count). The average molecular weight is 294 g/mol. The summed E-state index contributed by atoms with van der Waals surface area (Å²) in [5.74, 6) is 0.484. The fourth-order valence-electron chi connectivity index (χ4n) is 3.30. The molecule has 110 valence electrons. The molecule has 1 atom stereocenters. The predicted molar refractivity (Wildman–Crippen MR) is 80.4 cm³/mol. The lowest BCUT2D eigenvalue weighted by molar-refractivity contribution is 0.424. The van der Waals surface area contributed by atoms with E-state index in [0.29, 0.717) is 10.8 Å². The molecule has 5 heteroatoms. The Morgan fingerprint density at radius 1 is 1.30 bits per heavy atom. The third-order valence-corrected chi connectivity index (χ3v) is 6.11. The van der Waals surface area contributed by atoms with Crippen molar-refractivity contribution >= 4 is 15.7 Å². The van der Waals surface area contributed by atoms with E-state index in [2.05, 4.69) is 10.0 Å². The van der Waals surface area contributed by atoms with Crippen LogP contribution in [0.1, 0.15) is 38.2 Å². The van der Waals surface area contributed by atoms with Crippen molar-refractivity contribution in [2.24, 2.45) is 5.92 Å². The van der Waals surface area contributed by atoms with Crippen molar-refractivity contribution in [3.8, 4) is 0 Å². The molecule has 1 saturated carbocycles. The van der Waals surface area contributed by atoms with Crippen LogP contribution in [-0.2, 0) is 16.4 Å². The molecule has 0 aromatic heterocycles. The summed E-state index contributed by atoms with van der Waals surface area (Å²) in [5.41, 5.74) is 2.16. The van der Waals surface area contributed by atoms with E-state index < -0.39 is 10.0 Å². The van der Waals surface area contributed by atoms with Gasteiger partial charge < -0.3 is 5.32 Å². The van der Waals surface area contributed by atoms with E-state index >= 15 is 0 Å². The molecule has 1 heterocycles. The van der Waals surface area contributed by atoms with Gasteiger partial charge in [0.25, 0.3) is 0 Å². The van der Waals surface area contributed by atoms with Gasteiger partial charge in [-0.1, -0.05) is 18.9 Å². The maximum atomic E-state index is 12.5. The lowest BCUT2D eigenvalue weighted by Gasteiger charge is -2.20.